The van der Waals surface area contributed by atoms with Crippen LogP contribution in [0.2, 0.25) is 0 Å². The van der Waals surface area contributed by atoms with Crippen LogP contribution in [0.3, 0.4) is 0 Å². The Morgan fingerprint density at radius 3 is 2.60 bits per heavy atom. The molecule has 2 aliphatic carbocycles. The lowest BCUT2D eigenvalue weighted by molar-refractivity contribution is -0.137. The first-order valence-electron chi connectivity index (χ1n) is 6.28. The van der Waals surface area contributed by atoms with Crippen molar-refractivity contribution in [1.29, 1.82) is 0 Å². The molecule has 2 unspecified atom stereocenters. The summed E-state index contributed by atoms with van der Waals surface area (Å²) >= 11 is 0. The van der Waals surface area contributed by atoms with Crippen LogP contribution in [0.4, 0.5) is 0 Å². The number of rotatable bonds is 4. The van der Waals surface area contributed by atoms with Crippen molar-refractivity contribution < 1.29 is 4.79 Å². The van der Waals surface area contributed by atoms with E-state index in [1.54, 1.807) is 0 Å². The summed E-state index contributed by atoms with van der Waals surface area (Å²) in [7, 11) is 0. The zero-order valence-corrected chi connectivity index (χ0v) is 9.61. The van der Waals surface area contributed by atoms with Gasteiger partial charge in [0.05, 0.1) is 0 Å². The van der Waals surface area contributed by atoms with E-state index in [1.807, 2.05) is 0 Å². The molecule has 0 saturated heterocycles. The van der Waals surface area contributed by atoms with Gasteiger partial charge in [-0.2, -0.15) is 0 Å². The summed E-state index contributed by atoms with van der Waals surface area (Å²) in [5.41, 5.74) is 5.72. The van der Waals surface area contributed by atoms with Gasteiger partial charge in [-0.25, -0.2) is 0 Å². The molecule has 2 N–H and O–H groups in total. The van der Waals surface area contributed by atoms with E-state index in [4.69, 9.17) is 5.73 Å². The lowest BCUT2D eigenvalue weighted by Gasteiger charge is -2.26. The number of carbonyl (C=O) groups is 1. The van der Waals surface area contributed by atoms with Crippen molar-refractivity contribution in [3.63, 3.8) is 0 Å². The largest absolute Gasteiger partial charge is 0.340 e. The van der Waals surface area contributed by atoms with Crippen LogP contribution >= 0.6 is 0 Å². The monoisotopic (exact) mass is 210 g/mol. The molecule has 2 saturated carbocycles. The number of nitrogens with two attached hydrogens (primary N) is 1. The van der Waals surface area contributed by atoms with Crippen LogP contribution in [0.15, 0.2) is 0 Å². The third kappa shape index (κ3) is 2.17. The molecule has 0 bridgehead atoms. The molecule has 2 atom stereocenters. The molecule has 0 spiro atoms. The molecule has 15 heavy (non-hydrogen) atoms. The normalized spacial score (nSPS) is 30.5. The van der Waals surface area contributed by atoms with Gasteiger partial charge in [0.2, 0.25) is 5.91 Å². The highest BCUT2D eigenvalue weighted by Gasteiger charge is 2.39. The fourth-order valence-corrected chi connectivity index (χ4v) is 2.84. The van der Waals surface area contributed by atoms with Crippen molar-refractivity contribution in [3.8, 4) is 0 Å². The third-order valence-electron chi connectivity index (χ3n) is 3.89. The summed E-state index contributed by atoms with van der Waals surface area (Å²) in [6.45, 7) is 3.64. The van der Waals surface area contributed by atoms with Crippen LogP contribution in [-0.4, -0.2) is 29.9 Å². The summed E-state index contributed by atoms with van der Waals surface area (Å²) in [4.78, 5) is 14.4. The Morgan fingerprint density at radius 1 is 1.33 bits per heavy atom. The van der Waals surface area contributed by atoms with Gasteiger partial charge in [0.15, 0.2) is 0 Å². The molecule has 86 valence electrons. The third-order valence-corrected chi connectivity index (χ3v) is 3.89. The van der Waals surface area contributed by atoms with Gasteiger partial charge in [-0.05, 0) is 45.1 Å². The molecule has 3 nitrogen and oxygen atoms in total. The van der Waals surface area contributed by atoms with Crippen LogP contribution in [0.1, 0.15) is 39.0 Å². The second-order valence-electron chi connectivity index (χ2n) is 4.89. The number of hydrogen-bond acceptors (Lipinski definition) is 2. The highest BCUT2D eigenvalue weighted by atomic mass is 16.2. The van der Waals surface area contributed by atoms with E-state index in [-0.39, 0.29) is 5.92 Å². The molecule has 0 aromatic carbocycles. The second-order valence-corrected chi connectivity index (χ2v) is 4.89. The van der Waals surface area contributed by atoms with Crippen LogP contribution in [0.25, 0.3) is 0 Å². The molecular weight excluding hydrogens is 188 g/mol. The molecule has 3 heteroatoms. The van der Waals surface area contributed by atoms with Crippen LogP contribution in [0, 0.1) is 11.8 Å². The highest BCUT2D eigenvalue weighted by molar-refractivity contribution is 5.80. The Labute approximate surface area is 92.0 Å². The summed E-state index contributed by atoms with van der Waals surface area (Å²) in [5.74, 6) is 1.06. The summed E-state index contributed by atoms with van der Waals surface area (Å²) in [5, 5.41) is 0. The SMILES string of the molecule is CCN(C(=O)C1CCCC1CN)C1CC1. The predicted molar refractivity (Wildman–Crippen MR) is 60.3 cm³/mol. The standard InChI is InChI=1S/C12H22N2O/c1-2-14(10-6-7-10)12(15)11-5-3-4-9(11)8-13/h9-11H,2-8,13H2,1H3. The van der Waals surface area contributed by atoms with Crippen LogP contribution in [-0.2, 0) is 4.79 Å². The Morgan fingerprint density at radius 2 is 2.07 bits per heavy atom. The van der Waals surface area contributed by atoms with Gasteiger partial charge in [0.1, 0.15) is 0 Å². The highest BCUT2D eigenvalue weighted by Crippen LogP contribution is 2.35. The first kappa shape index (κ1) is 10.9. The zero-order chi connectivity index (χ0) is 10.8. The topological polar surface area (TPSA) is 46.3 Å². The molecule has 0 aliphatic heterocycles. The minimum atomic E-state index is 0.232. The van der Waals surface area contributed by atoms with E-state index in [9.17, 15) is 4.79 Å². The van der Waals surface area contributed by atoms with E-state index < -0.39 is 0 Å². The van der Waals surface area contributed by atoms with Crippen molar-refractivity contribution in [2.75, 3.05) is 13.1 Å². The molecule has 0 heterocycles. The van der Waals surface area contributed by atoms with Gasteiger partial charge < -0.3 is 10.6 Å². The van der Waals surface area contributed by atoms with Crippen LogP contribution in [0.5, 0.6) is 0 Å². The van der Waals surface area contributed by atoms with E-state index in [2.05, 4.69) is 11.8 Å². The maximum atomic E-state index is 12.3. The van der Waals surface area contributed by atoms with Crippen molar-refractivity contribution >= 4 is 5.91 Å². The average Bonchev–Trinajstić information content (AvgIpc) is 2.96. The van der Waals surface area contributed by atoms with Gasteiger partial charge in [-0.3, -0.25) is 4.79 Å². The van der Waals surface area contributed by atoms with E-state index in [0.29, 0.717) is 24.4 Å². The molecule has 2 fully saturated rings. The molecular formula is C12H22N2O. The molecule has 0 radical (unpaired) electrons. The number of hydrogen-bond donors (Lipinski definition) is 1. The quantitative estimate of drug-likeness (QED) is 0.762. The van der Waals surface area contributed by atoms with Crippen LogP contribution < -0.4 is 5.73 Å². The first-order chi connectivity index (χ1) is 7.27. The van der Waals surface area contributed by atoms with Gasteiger partial charge >= 0.3 is 0 Å². The molecule has 0 aromatic rings. The Hall–Kier alpha value is -0.570. The van der Waals surface area contributed by atoms with Crippen molar-refractivity contribution in [2.24, 2.45) is 17.6 Å². The van der Waals surface area contributed by atoms with Gasteiger partial charge in [-0.15, -0.1) is 0 Å². The molecule has 2 rings (SSSR count). The minimum absolute atomic E-state index is 0.232. The van der Waals surface area contributed by atoms with E-state index in [1.165, 1.54) is 19.3 Å². The maximum absolute atomic E-state index is 12.3. The average molecular weight is 210 g/mol. The number of carbonyl (C=O) groups excluding carboxylic acids is 1. The van der Waals surface area contributed by atoms with Gasteiger partial charge in [0.25, 0.3) is 0 Å². The second kappa shape index (κ2) is 4.52. The fraction of sp³-hybridized carbons (Fsp3) is 0.917. The summed E-state index contributed by atoms with van der Waals surface area (Å²) in [6.07, 6.45) is 5.80. The van der Waals surface area contributed by atoms with E-state index >= 15 is 0 Å². The smallest absolute Gasteiger partial charge is 0.226 e. The lowest BCUT2D eigenvalue weighted by atomic mass is 9.94. The molecule has 1 amide bonds. The summed E-state index contributed by atoms with van der Waals surface area (Å²) in [6, 6.07) is 0.557. The number of amides is 1. The molecule has 0 aromatic heterocycles. The lowest BCUT2D eigenvalue weighted by Crippen LogP contribution is -2.40. The van der Waals surface area contributed by atoms with E-state index in [0.717, 1.165) is 19.4 Å². The first-order valence-corrected chi connectivity index (χ1v) is 6.28. The van der Waals surface area contributed by atoms with Crippen molar-refractivity contribution in [3.05, 3.63) is 0 Å². The van der Waals surface area contributed by atoms with Gasteiger partial charge in [0, 0.05) is 18.5 Å². The Bertz CT molecular complexity index is 238. The van der Waals surface area contributed by atoms with Crippen molar-refractivity contribution in [1.82, 2.24) is 4.90 Å². The molecule has 2 aliphatic rings. The minimum Gasteiger partial charge on any atom is -0.340 e. The maximum Gasteiger partial charge on any atom is 0.226 e. The predicted octanol–water partition coefficient (Wildman–Crippen LogP) is 1.37. The fourth-order valence-electron chi connectivity index (χ4n) is 2.84. The van der Waals surface area contributed by atoms with Gasteiger partial charge in [-0.1, -0.05) is 6.42 Å². The Balaban J connectivity index is 1.98. The van der Waals surface area contributed by atoms with Crippen molar-refractivity contribution in [2.45, 2.75) is 45.1 Å². The zero-order valence-electron chi connectivity index (χ0n) is 9.61. The Kier molecular flexibility index (Phi) is 3.29. The number of nitrogens with zero attached hydrogens (tertiary/aromatic N) is 1. The summed E-state index contributed by atoms with van der Waals surface area (Å²) < 4.78 is 0.